The minimum atomic E-state index is -3.90. The average Bonchev–Trinajstić information content (AvgIpc) is 3.01. The van der Waals surface area contributed by atoms with Crippen molar-refractivity contribution in [2.45, 2.75) is 25.7 Å². The Balaban J connectivity index is 1.97. The molecule has 0 fully saturated rings. The first-order valence-corrected chi connectivity index (χ1v) is 10.2. The lowest BCUT2D eigenvalue weighted by molar-refractivity contribution is 0.340. The van der Waals surface area contributed by atoms with Crippen LogP contribution in [-0.4, -0.2) is 27.3 Å². The maximum Gasteiger partial charge on any atom is 0.265 e. The van der Waals surface area contributed by atoms with Gasteiger partial charge in [-0.15, -0.1) is 0 Å². The predicted octanol–water partition coefficient (Wildman–Crippen LogP) is 4.17. The third-order valence-corrected chi connectivity index (χ3v) is 5.69. The molecule has 8 heteroatoms. The molecule has 0 atom stereocenters. The molecule has 148 valence electrons. The fourth-order valence-electron chi connectivity index (χ4n) is 2.71. The van der Waals surface area contributed by atoms with E-state index < -0.39 is 10.0 Å². The number of methoxy groups -OCH3 is 1. The molecule has 0 amide bonds. The number of rotatable bonds is 7. The highest BCUT2D eigenvalue weighted by Crippen LogP contribution is 2.33. The Hall–Kier alpha value is -3.00. The van der Waals surface area contributed by atoms with Crippen molar-refractivity contribution in [2.75, 3.05) is 18.4 Å². The summed E-state index contributed by atoms with van der Waals surface area (Å²) in [5.74, 6) is 1.43. The van der Waals surface area contributed by atoms with Crippen LogP contribution in [0.4, 0.5) is 5.69 Å². The Morgan fingerprint density at radius 2 is 1.82 bits per heavy atom. The zero-order chi connectivity index (χ0) is 20.3. The minimum Gasteiger partial charge on any atom is -0.495 e. The van der Waals surface area contributed by atoms with Crippen LogP contribution in [-0.2, 0) is 10.0 Å². The van der Waals surface area contributed by atoms with E-state index in [0.29, 0.717) is 29.4 Å². The molecule has 1 aromatic heterocycles. The van der Waals surface area contributed by atoms with Gasteiger partial charge in [0.1, 0.15) is 16.4 Å². The van der Waals surface area contributed by atoms with Gasteiger partial charge in [-0.2, -0.15) is 0 Å². The molecule has 28 heavy (non-hydrogen) atoms. The van der Waals surface area contributed by atoms with E-state index in [4.69, 9.17) is 14.0 Å². The van der Waals surface area contributed by atoms with Crippen LogP contribution < -0.4 is 14.2 Å². The summed E-state index contributed by atoms with van der Waals surface area (Å²) in [5, 5.41) is 3.93. The van der Waals surface area contributed by atoms with Crippen molar-refractivity contribution in [3.05, 3.63) is 53.7 Å². The van der Waals surface area contributed by atoms with Crippen LogP contribution in [0.3, 0.4) is 0 Å². The summed E-state index contributed by atoms with van der Waals surface area (Å²) < 4.78 is 44.6. The van der Waals surface area contributed by atoms with Gasteiger partial charge in [0.25, 0.3) is 10.0 Å². The maximum atomic E-state index is 13.0. The Bertz CT molecular complexity index is 1070. The van der Waals surface area contributed by atoms with Crippen LogP contribution in [0.15, 0.2) is 51.9 Å². The molecular weight excluding hydrogens is 380 g/mol. The van der Waals surface area contributed by atoms with Crippen LogP contribution in [0.5, 0.6) is 11.5 Å². The molecule has 0 bridgehead atoms. The number of hydrogen-bond donors (Lipinski definition) is 1. The highest BCUT2D eigenvalue weighted by atomic mass is 32.2. The van der Waals surface area contributed by atoms with E-state index in [1.54, 1.807) is 36.4 Å². The maximum absolute atomic E-state index is 13.0. The minimum absolute atomic E-state index is 0.00911. The van der Waals surface area contributed by atoms with Crippen molar-refractivity contribution in [3.63, 3.8) is 0 Å². The van der Waals surface area contributed by atoms with E-state index in [9.17, 15) is 8.42 Å². The smallest absolute Gasteiger partial charge is 0.265 e. The Labute approximate surface area is 164 Å². The van der Waals surface area contributed by atoms with Crippen LogP contribution >= 0.6 is 0 Å². The van der Waals surface area contributed by atoms with Crippen molar-refractivity contribution in [1.82, 2.24) is 5.16 Å². The largest absolute Gasteiger partial charge is 0.495 e. The summed E-state index contributed by atoms with van der Waals surface area (Å²) in [6, 6.07) is 11.5. The zero-order valence-electron chi connectivity index (χ0n) is 16.1. The van der Waals surface area contributed by atoms with Gasteiger partial charge in [-0.25, -0.2) is 8.42 Å². The van der Waals surface area contributed by atoms with Gasteiger partial charge in [0.15, 0.2) is 5.76 Å². The number of nitrogens with one attached hydrogen (secondary N) is 1. The third kappa shape index (κ3) is 3.96. The Kier molecular flexibility index (Phi) is 5.60. The highest BCUT2D eigenvalue weighted by molar-refractivity contribution is 7.92. The topological polar surface area (TPSA) is 90.7 Å². The van der Waals surface area contributed by atoms with Gasteiger partial charge in [0.05, 0.1) is 19.4 Å². The first kappa shape index (κ1) is 19.8. The summed E-state index contributed by atoms with van der Waals surface area (Å²) in [5.41, 5.74) is 2.63. The van der Waals surface area contributed by atoms with Gasteiger partial charge in [-0.05, 0) is 63.2 Å². The molecule has 2 aromatic carbocycles. The lowest BCUT2D eigenvalue weighted by atomic mass is 10.1. The Morgan fingerprint density at radius 1 is 1.11 bits per heavy atom. The first-order valence-electron chi connectivity index (χ1n) is 8.72. The molecule has 0 aliphatic carbocycles. The number of ether oxygens (including phenoxy) is 2. The highest BCUT2D eigenvalue weighted by Gasteiger charge is 2.22. The van der Waals surface area contributed by atoms with E-state index in [0.717, 1.165) is 11.3 Å². The zero-order valence-corrected chi connectivity index (χ0v) is 17.0. The molecule has 3 aromatic rings. The van der Waals surface area contributed by atoms with E-state index in [1.165, 1.54) is 13.2 Å². The molecule has 0 unspecified atom stereocenters. The van der Waals surface area contributed by atoms with Gasteiger partial charge in [-0.1, -0.05) is 5.16 Å². The van der Waals surface area contributed by atoms with Crippen LogP contribution in [0.1, 0.15) is 18.2 Å². The fraction of sp³-hybridized carbons (Fsp3) is 0.250. The van der Waals surface area contributed by atoms with E-state index >= 15 is 0 Å². The number of hydrogen-bond acceptors (Lipinski definition) is 6. The second-order valence-electron chi connectivity index (χ2n) is 6.15. The van der Waals surface area contributed by atoms with Crippen molar-refractivity contribution >= 4 is 15.7 Å². The van der Waals surface area contributed by atoms with E-state index in [2.05, 4.69) is 9.88 Å². The molecule has 1 N–H and O–H groups in total. The standard InChI is InChI=1S/C20H22N2O5S/c1-5-26-17-9-7-16(8-10-17)22-28(23,24)19-12-15(6-11-18(19)25-4)20-13(2)14(3)21-27-20/h6-12,22H,5H2,1-4H3. The van der Waals surface area contributed by atoms with E-state index in [1.807, 2.05) is 20.8 Å². The molecule has 3 rings (SSSR count). The summed E-state index contributed by atoms with van der Waals surface area (Å²) >= 11 is 0. The molecule has 0 spiro atoms. The lowest BCUT2D eigenvalue weighted by Crippen LogP contribution is -2.14. The van der Waals surface area contributed by atoms with Crippen molar-refractivity contribution in [2.24, 2.45) is 0 Å². The number of anilines is 1. The van der Waals surface area contributed by atoms with Crippen LogP contribution in [0, 0.1) is 13.8 Å². The number of benzene rings is 2. The van der Waals surface area contributed by atoms with Gasteiger partial charge < -0.3 is 14.0 Å². The van der Waals surface area contributed by atoms with Crippen molar-refractivity contribution in [3.8, 4) is 22.8 Å². The molecule has 1 heterocycles. The van der Waals surface area contributed by atoms with Gasteiger partial charge in [0.2, 0.25) is 0 Å². The monoisotopic (exact) mass is 402 g/mol. The number of aryl methyl sites for hydroxylation is 1. The quantitative estimate of drug-likeness (QED) is 0.638. The predicted molar refractivity (Wildman–Crippen MR) is 106 cm³/mol. The van der Waals surface area contributed by atoms with Gasteiger partial charge in [-0.3, -0.25) is 4.72 Å². The third-order valence-electron chi connectivity index (χ3n) is 4.29. The molecule has 0 aliphatic rings. The summed E-state index contributed by atoms with van der Waals surface area (Å²) in [4.78, 5) is 0.00911. The summed E-state index contributed by atoms with van der Waals surface area (Å²) in [6.45, 7) is 6.12. The normalized spacial score (nSPS) is 11.3. The van der Waals surface area contributed by atoms with Crippen molar-refractivity contribution in [1.29, 1.82) is 0 Å². The fourth-order valence-corrected chi connectivity index (χ4v) is 3.96. The first-order chi connectivity index (χ1) is 13.4. The van der Waals surface area contributed by atoms with Crippen LogP contribution in [0.2, 0.25) is 0 Å². The average molecular weight is 402 g/mol. The molecule has 0 saturated heterocycles. The Morgan fingerprint density at radius 3 is 2.39 bits per heavy atom. The van der Waals surface area contributed by atoms with E-state index in [-0.39, 0.29) is 10.6 Å². The van der Waals surface area contributed by atoms with Gasteiger partial charge >= 0.3 is 0 Å². The number of nitrogens with zero attached hydrogens (tertiary/aromatic N) is 1. The second kappa shape index (κ2) is 7.93. The molecule has 7 nitrogen and oxygen atoms in total. The summed E-state index contributed by atoms with van der Waals surface area (Å²) in [6.07, 6.45) is 0. The molecule has 0 saturated carbocycles. The SMILES string of the molecule is CCOc1ccc(NS(=O)(=O)c2cc(-c3onc(C)c3C)ccc2OC)cc1. The number of sulfonamides is 1. The molecule has 0 aliphatic heterocycles. The van der Waals surface area contributed by atoms with Gasteiger partial charge in [0, 0.05) is 16.8 Å². The number of aromatic nitrogens is 1. The van der Waals surface area contributed by atoms with Crippen molar-refractivity contribution < 1.29 is 22.4 Å². The second-order valence-corrected chi connectivity index (χ2v) is 7.80. The molecular formula is C20H22N2O5S. The van der Waals surface area contributed by atoms with Crippen LogP contribution in [0.25, 0.3) is 11.3 Å². The lowest BCUT2D eigenvalue weighted by Gasteiger charge is -2.13. The molecule has 0 radical (unpaired) electrons. The summed E-state index contributed by atoms with van der Waals surface area (Å²) in [7, 11) is -2.47.